The molecule has 2 nitrogen and oxygen atoms in total. The van der Waals surface area contributed by atoms with Crippen molar-refractivity contribution in [2.24, 2.45) is 4.99 Å². The number of allylic oxidation sites excluding steroid dienone is 4. The Morgan fingerprint density at radius 2 is 2.06 bits per heavy atom. The van der Waals surface area contributed by atoms with Gasteiger partial charge in [0.2, 0.25) is 6.08 Å². The molecule has 0 aromatic heterocycles. The van der Waals surface area contributed by atoms with Crippen molar-refractivity contribution in [2.75, 3.05) is 0 Å². The molecular formula is C14H13NO. The van der Waals surface area contributed by atoms with Crippen LogP contribution < -0.4 is 0 Å². The Labute approximate surface area is 95.0 Å². The molecule has 0 aliphatic heterocycles. The average molecular weight is 211 g/mol. The fourth-order valence-electron chi connectivity index (χ4n) is 1.80. The third-order valence-corrected chi connectivity index (χ3v) is 2.64. The van der Waals surface area contributed by atoms with Crippen LogP contribution in [0, 0.1) is 0 Å². The molecule has 0 N–H and O–H groups in total. The van der Waals surface area contributed by atoms with E-state index in [0.29, 0.717) is 5.69 Å². The zero-order chi connectivity index (χ0) is 11.2. The first-order valence-corrected chi connectivity index (χ1v) is 5.40. The Morgan fingerprint density at radius 3 is 2.69 bits per heavy atom. The van der Waals surface area contributed by atoms with Crippen LogP contribution >= 0.6 is 0 Å². The molecule has 0 saturated heterocycles. The van der Waals surface area contributed by atoms with Gasteiger partial charge >= 0.3 is 0 Å². The highest BCUT2D eigenvalue weighted by molar-refractivity contribution is 5.49. The van der Waals surface area contributed by atoms with Crippen LogP contribution in [0.1, 0.15) is 18.4 Å². The first-order valence-electron chi connectivity index (χ1n) is 5.40. The minimum absolute atomic E-state index is 0.663. The number of hydrogen-bond acceptors (Lipinski definition) is 2. The third-order valence-electron chi connectivity index (χ3n) is 2.64. The van der Waals surface area contributed by atoms with Crippen molar-refractivity contribution in [3.63, 3.8) is 0 Å². The normalized spacial score (nSPS) is 14.1. The lowest BCUT2D eigenvalue weighted by Crippen LogP contribution is -1.92. The molecular weight excluding hydrogens is 198 g/mol. The third kappa shape index (κ3) is 2.78. The number of hydrogen-bond donors (Lipinski definition) is 0. The van der Waals surface area contributed by atoms with Crippen LogP contribution in [0.5, 0.6) is 0 Å². The Kier molecular flexibility index (Phi) is 3.47. The van der Waals surface area contributed by atoms with Gasteiger partial charge in [0, 0.05) is 0 Å². The summed E-state index contributed by atoms with van der Waals surface area (Å²) in [6, 6.07) is 7.71. The molecule has 0 bridgehead atoms. The molecule has 0 unspecified atom stereocenters. The van der Waals surface area contributed by atoms with E-state index in [-0.39, 0.29) is 0 Å². The summed E-state index contributed by atoms with van der Waals surface area (Å²) in [5.41, 5.74) is 3.37. The zero-order valence-corrected chi connectivity index (χ0v) is 9.02. The minimum atomic E-state index is 0.663. The Morgan fingerprint density at radius 1 is 1.25 bits per heavy atom. The van der Waals surface area contributed by atoms with Crippen LogP contribution in [0.4, 0.5) is 5.69 Å². The van der Waals surface area contributed by atoms with Gasteiger partial charge in [0.15, 0.2) is 0 Å². The zero-order valence-electron chi connectivity index (χ0n) is 9.02. The maximum atomic E-state index is 10.1. The summed E-state index contributed by atoms with van der Waals surface area (Å²) in [6.45, 7) is 0. The van der Waals surface area contributed by atoms with Gasteiger partial charge in [-0.25, -0.2) is 4.79 Å². The SMILES string of the molecule is O=C=Nc1ccc(CC2=CC=CCC2)cc1. The molecule has 1 aliphatic carbocycles. The molecule has 2 rings (SSSR count). The maximum Gasteiger partial charge on any atom is 0.240 e. The fourth-order valence-corrected chi connectivity index (χ4v) is 1.80. The highest BCUT2D eigenvalue weighted by Gasteiger charge is 2.01. The van der Waals surface area contributed by atoms with E-state index in [0.717, 1.165) is 19.3 Å². The molecule has 1 aromatic rings. The van der Waals surface area contributed by atoms with E-state index < -0.39 is 0 Å². The van der Waals surface area contributed by atoms with E-state index in [4.69, 9.17) is 0 Å². The second-order valence-corrected chi connectivity index (χ2v) is 3.84. The van der Waals surface area contributed by atoms with Crippen molar-refractivity contribution in [3.8, 4) is 0 Å². The number of benzene rings is 1. The quantitative estimate of drug-likeness (QED) is 0.556. The molecule has 1 aromatic carbocycles. The Balaban J connectivity index is 2.07. The van der Waals surface area contributed by atoms with Crippen LogP contribution in [0.15, 0.2) is 53.1 Å². The van der Waals surface area contributed by atoms with Gasteiger partial charge in [-0.1, -0.05) is 35.9 Å². The standard InChI is InChI=1S/C14H13NO/c16-11-15-14-8-6-13(7-9-14)10-12-4-2-1-3-5-12/h1-2,4,6-9H,3,5,10H2. The van der Waals surface area contributed by atoms with Gasteiger partial charge in [0.05, 0.1) is 5.69 Å². The van der Waals surface area contributed by atoms with Gasteiger partial charge in [-0.3, -0.25) is 0 Å². The molecule has 2 heteroatoms. The van der Waals surface area contributed by atoms with Crippen molar-refractivity contribution >= 4 is 11.8 Å². The van der Waals surface area contributed by atoms with E-state index in [1.54, 1.807) is 0 Å². The lowest BCUT2D eigenvalue weighted by Gasteiger charge is -2.08. The molecule has 80 valence electrons. The van der Waals surface area contributed by atoms with Crippen LogP contribution in [0.3, 0.4) is 0 Å². The van der Waals surface area contributed by atoms with Crippen molar-refractivity contribution in [3.05, 3.63) is 53.6 Å². The molecule has 0 radical (unpaired) electrons. The van der Waals surface area contributed by atoms with Gasteiger partial charge < -0.3 is 0 Å². The van der Waals surface area contributed by atoms with E-state index in [2.05, 4.69) is 23.2 Å². The summed E-state index contributed by atoms with van der Waals surface area (Å²) in [5, 5.41) is 0. The lowest BCUT2D eigenvalue weighted by atomic mass is 9.98. The molecule has 0 spiro atoms. The molecule has 0 amide bonds. The van der Waals surface area contributed by atoms with Crippen molar-refractivity contribution < 1.29 is 4.79 Å². The maximum absolute atomic E-state index is 10.1. The Hall–Kier alpha value is -1.92. The highest BCUT2D eigenvalue weighted by atomic mass is 16.1. The number of nitrogens with zero attached hydrogens (tertiary/aromatic N) is 1. The first-order chi connectivity index (χ1) is 7.88. The van der Waals surface area contributed by atoms with Crippen molar-refractivity contribution in [1.29, 1.82) is 0 Å². The predicted octanol–water partition coefficient (Wildman–Crippen LogP) is 3.47. The minimum Gasteiger partial charge on any atom is -0.211 e. The summed E-state index contributed by atoms with van der Waals surface area (Å²) in [6.07, 6.45) is 11.3. The summed E-state index contributed by atoms with van der Waals surface area (Å²) >= 11 is 0. The van der Waals surface area contributed by atoms with E-state index >= 15 is 0 Å². The van der Waals surface area contributed by atoms with Crippen molar-refractivity contribution in [1.82, 2.24) is 0 Å². The van der Waals surface area contributed by atoms with Gasteiger partial charge in [-0.15, -0.1) is 0 Å². The van der Waals surface area contributed by atoms with E-state index in [1.165, 1.54) is 17.2 Å². The topological polar surface area (TPSA) is 29.4 Å². The molecule has 0 atom stereocenters. The second-order valence-electron chi connectivity index (χ2n) is 3.84. The van der Waals surface area contributed by atoms with Crippen LogP contribution in [-0.4, -0.2) is 6.08 Å². The van der Waals surface area contributed by atoms with Gasteiger partial charge in [-0.05, 0) is 37.0 Å². The molecule has 1 aliphatic rings. The van der Waals surface area contributed by atoms with Crippen LogP contribution in [0.25, 0.3) is 0 Å². The first kappa shape index (κ1) is 10.6. The van der Waals surface area contributed by atoms with Crippen LogP contribution in [-0.2, 0) is 11.2 Å². The number of aliphatic imine (C=N–C) groups is 1. The van der Waals surface area contributed by atoms with Gasteiger partial charge in [0.25, 0.3) is 0 Å². The summed E-state index contributed by atoms with van der Waals surface area (Å²) in [7, 11) is 0. The number of rotatable bonds is 3. The largest absolute Gasteiger partial charge is 0.240 e. The molecule has 0 saturated carbocycles. The smallest absolute Gasteiger partial charge is 0.211 e. The monoisotopic (exact) mass is 211 g/mol. The van der Waals surface area contributed by atoms with Gasteiger partial charge in [0.1, 0.15) is 0 Å². The van der Waals surface area contributed by atoms with E-state index in [1.807, 2.05) is 24.3 Å². The average Bonchev–Trinajstić information content (AvgIpc) is 2.33. The van der Waals surface area contributed by atoms with Gasteiger partial charge in [-0.2, -0.15) is 4.99 Å². The summed E-state index contributed by atoms with van der Waals surface area (Å²) in [4.78, 5) is 13.6. The fraction of sp³-hybridized carbons (Fsp3) is 0.214. The number of carbonyl (C=O) groups excluding carboxylic acids is 1. The molecule has 0 heterocycles. The van der Waals surface area contributed by atoms with E-state index in [9.17, 15) is 4.79 Å². The van der Waals surface area contributed by atoms with Crippen LogP contribution in [0.2, 0.25) is 0 Å². The number of isocyanates is 1. The molecule has 16 heavy (non-hydrogen) atoms. The lowest BCUT2D eigenvalue weighted by molar-refractivity contribution is 0.565. The molecule has 0 fully saturated rings. The van der Waals surface area contributed by atoms with Crippen molar-refractivity contribution in [2.45, 2.75) is 19.3 Å². The second kappa shape index (κ2) is 5.24. The predicted molar refractivity (Wildman–Crippen MR) is 64.4 cm³/mol. The summed E-state index contributed by atoms with van der Waals surface area (Å²) in [5.74, 6) is 0. The Bertz CT molecular complexity index is 462. The summed E-state index contributed by atoms with van der Waals surface area (Å²) < 4.78 is 0. The highest BCUT2D eigenvalue weighted by Crippen LogP contribution is 2.19.